The lowest BCUT2D eigenvalue weighted by molar-refractivity contribution is 0.0818. The number of halogens is 1. The maximum absolute atomic E-state index is 12.3. The Morgan fingerprint density at radius 3 is 2.45 bits per heavy atom. The van der Waals surface area contributed by atoms with Crippen molar-refractivity contribution < 1.29 is 9.59 Å². The van der Waals surface area contributed by atoms with Crippen LogP contribution in [0.15, 0.2) is 59.2 Å². The molecule has 3 aromatic rings. The molecule has 0 saturated heterocycles. The van der Waals surface area contributed by atoms with Crippen molar-refractivity contribution >= 4 is 38.4 Å². The van der Waals surface area contributed by atoms with Crippen molar-refractivity contribution in [3.63, 3.8) is 0 Å². The third kappa shape index (κ3) is 2.18. The minimum Gasteiger partial charge on any atom is -0.360 e. The van der Waals surface area contributed by atoms with Crippen LogP contribution in [0.3, 0.4) is 0 Å². The van der Waals surface area contributed by atoms with Crippen molar-refractivity contribution in [2.45, 2.75) is 0 Å². The second-order valence-corrected chi connectivity index (χ2v) is 5.33. The molecule has 0 aliphatic heterocycles. The van der Waals surface area contributed by atoms with Crippen LogP contribution in [0.2, 0.25) is 0 Å². The molecule has 3 rings (SSSR count). The van der Waals surface area contributed by atoms with Gasteiger partial charge in [-0.15, -0.1) is 0 Å². The summed E-state index contributed by atoms with van der Waals surface area (Å²) in [6.07, 6.45) is 1.58. The number of benzene rings is 2. The van der Waals surface area contributed by atoms with Gasteiger partial charge in [-0.05, 0) is 18.2 Å². The van der Waals surface area contributed by atoms with Crippen LogP contribution in [0.5, 0.6) is 0 Å². The number of carbonyl (C=O) groups excluding carboxylic acids is 2. The van der Waals surface area contributed by atoms with E-state index in [0.29, 0.717) is 11.1 Å². The Hall–Kier alpha value is -2.20. The fraction of sp³-hybridized carbons (Fsp3) is 0. The second-order valence-electron chi connectivity index (χ2n) is 4.42. The molecule has 3 nitrogen and oxygen atoms in total. The van der Waals surface area contributed by atoms with E-state index in [1.54, 1.807) is 30.5 Å². The first-order chi connectivity index (χ1) is 9.66. The highest BCUT2D eigenvalue weighted by molar-refractivity contribution is 9.10. The van der Waals surface area contributed by atoms with E-state index >= 15 is 0 Å². The zero-order valence-electron chi connectivity index (χ0n) is 10.4. The maximum Gasteiger partial charge on any atom is 0.235 e. The van der Waals surface area contributed by atoms with Gasteiger partial charge in [0.05, 0.1) is 5.56 Å². The normalized spacial score (nSPS) is 10.7. The monoisotopic (exact) mass is 327 g/mol. The number of hydrogen-bond donors (Lipinski definition) is 1. The molecule has 0 spiro atoms. The lowest BCUT2D eigenvalue weighted by atomic mass is 10.0. The van der Waals surface area contributed by atoms with E-state index in [4.69, 9.17) is 0 Å². The first-order valence-electron chi connectivity index (χ1n) is 6.07. The molecule has 98 valence electrons. The van der Waals surface area contributed by atoms with Gasteiger partial charge in [0.25, 0.3) is 0 Å². The summed E-state index contributed by atoms with van der Waals surface area (Å²) in [5.74, 6) is -0.993. The van der Waals surface area contributed by atoms with Crippen LogP contribution in [-0.2, 0) is 0 Å². The highest BCUT2D eigenvalue weighted by Crippen LogP contribution is 2.23. The van der Waals surface area contributed by atoms with Gasteiger partial charge in [-0.25, -0.2) is 0 Å². The number of Topliss-reactive ketones (excluding diaryl/α,β-unsaturated/α-hetero) is 2. The third-order valence-corrected chi connectivity index (χ3v) is 3.62. The van der Waals surface area contributed by atoms with Gasteiger partial charge in [0.1, 0.15) is 0 Å². The zero-order valence-corrected chi connectivity index (χ0v) is 12.0. The summed E-state index contributed by atoms with van der Waals surface area (Å²) in [6, 6.07) is 14.2. The largest absolute Gasteiger partial charge is 0.360 e. The average molecular weight is 328 g/mol. The van der Waals surface area contributed by atoms with Crippen LogP contribution in [0.25, 0.3) is 10.9 Å². The Kier molecular flexibility index (Phi) is 3.24. The van der Waals surface area contributed by atoms with Crippen LogP contribution in [0.1, 0.15) is 20.7 Å². The summed E-state index contributed by atoms with van der Waals surface area (Å²) in [7, 11) is 0. The number of fused-ring (bicyclic) bond motifs is 1. The average Bonchev–Trinajstić information content (AvgIpc) is 2.89. The van der Waals surface area contributed by atoms with E-state index in [1.807, 2.05) is 24.3 Å². The third-order valence-electron chi connectivity index (χ3n) is 3.13. The topological polar surface area (TPSA) is 49.9 Å². The van der Waals surface area contributed by atoms with Gasteiger partial charge in [0, 0.05) is 27.1 Å². The van der Waals surface area contributed by atoms with Crippen molar-refractivity contribution in [1.82, 2.24) is 4.98 Å². The molecule has 1 heterocycles. The van der Waals surface area contributed by atoms with Crippen LogP contribution in [-0.4, -0.2) is 16.6 Å². The zero-order chi connectivity index (χ0) is 14.1. The molecule has 0 bridgehead atoms. The molecule has 4 heteroatoms. The first kappa shape index (κ1) is 12.8. The Bertz CT molecular complexity index is 806. The van der Waals surface area contributed by atoms with E-state index in [2.05, 4.69) is 20.9 Å². The van der Waals surface area contributed by atoms with E-state index in [-0.39, 0.29) is 0 Å². The predicted molar refractivity (Wildman–Crippen MR) is 81.1 cm³/mol. The number of aromatic nitrogens is 1. The van der Waals surface area contributed by atoms with Crippen LogP contribution < -0.4 is 0 Å². The number of ketones is 2. The lowest BCUT2D eigenvalue weighted by Gasteiger charge is -2.00. The van der Waals surface area contributed by atoms with Gasteiger partial charge in [0.15, 0.2) is 0 Å². The van der Waals surface area contributed by atoms with Gasteiger partial charge < -0.3 is 4.98 Å². The van der Waals surface area contributed by atoms with E-state index in [1.165, 1.54) is 0 Å². The maximum atomic E-state index is 12.3. The second kappa shape index (κ2) is 5.06. The molecule has 0 unspecified atom stereocenters. The summed E-state index contributed by atoms with van der Waals surface area (Å²) in [5, 5.41) is 0.744. The van der Waals surface area contributed by atoms with Crippen LogP contribution in [0, 0.1) is 0 Å². The molecule has 0 radical (unpaired) electrons. The van der Waals surface area contributed by atoms with Crippen molar-refractivity contribution in [1.29, 1.82) is 0 Å². The molecule has 20 heavy (non-hydrogen) atoms. The Labute approximate surface area is 123 Å². The summed E-state index contributed by atoms with van der Waals surface area (Å²) in [4.78, 5) is 27.6. The smallest absolute Gasteiger partial charge is 0.235 e. The molecule has 0 aliphatic carbocycles. The van der Waals surface area contributed by atoms with E-state index < -0.39 is 11.6 Å². The number of hydrogen-bond acceptors (Lipinski definition) is 2. The molecule has 0 saturated carbocycles. The lowest BCUT2D eigenvalue weighted by Crippen LogP contribution is -2.13. The molecular weight excluding hydrogens is 318 g/mol. The molecule has 0 fully saturated rings. The number of rotatable bonds is 3. The summed E-state index contributed by atoms with van der Waals surface area (Å²) in [6.45, 7) is 0. The Morgan fingerprint density at radius 1 is 0.950 bits per heavy atom. The van der Waals surface area contributed by atoms with Gasteiger partial charge in [-0.3, -0.25) is 9.59 Å². The van der Waals surface area contributed by atoms with Crippen molar-refractivity contribution in [2.75, 3.05) is 0 Å². The molecule has 1 N–H and O–H groups in total. The van der Waals surface area contributed by atoms with Gasteiger partial charge >= 0.3 is 0 Å². The number of H-pyrrole nitrogens is 1. The van der Waals surface area contributed by atoms with Gasteiger partial charge in [-0.2, -0.15) is 0 Å². The molecule has 2 aromatic carbocycles. The van der Waals surface area contributed by atoms with Gasteiger partial charge in [0.2, 0.25) is 11.6 Å². The SMILES string of the molecule is O=C(C(=O)c1c[nH]c2ccc(Br)cc12)c1ccccc1. The first-order valence-corrected chi connectivity index (χ1v) is 6.87. The molecule has 1 aromatic heterocycles. The minimum absolute atomic E-state index is 0.398. The number of aromatic amines is 1. The quantitative estimate of drug-likeness (QED) is 0.584. The van der Waals surface area contributed by atoms with Crippen molar-refractivity contribution in [2.24, 2.45) is 0 Å². The van der Waals surface area contributed by atoms with E-state index in [0.717, 1.165) is 15.4 Å². The molecule has 0 amide bonds. The minimum atomic E-state index is -0.499. The Balaban J connectivity index is 2.05. The molecule has 0 atom stereocenters. The molecular formula is C16H10BrNO2. The summed E-state index contributed by atoms with van der Waals surface area (Å²) >= 11 is 3.37. The number of carbonyl (C=O) groups is 2. The number of nitrogens with one attached hydrogen (secondary N) is 1. The van der Waals surface area contributed by atoms with Crippen LogP contribution >= 0.6 is 15.9 Å². The molecule has 0 aliphatic rings. The highest BCUT2D eigenvalue weighted by atomic mass is 79.9. The van der Waals surface area contributed by atoms with Crippen LogP contribution in [0.4, 0.5) is 0 Å². The predicted octanol–water partition coefficient (Wildman–Crippen LogP) is 4.00. The highest BCUT2D eigenvalue weighted by Gasteiger charge is 2.21. The Morgan fingerprint density at radius 2 is 1.70 bits per heavy atom. The van der Waals surface area contributed by atoms with Gasteiger partial charge in [-0.1, -0.05) is 46.3 Å². The van der Waals surface area contributed by atoms with Crippen molar-refractivity contribution in [3.8, 4) is 0 Å². The fourth-order valence-corrected chi connectivity index (χ4v) is 2.48. The summed E-state index contributed by atoms with van der Waals surface area (Å²) < 4.78 is 0.866. The fourth-order valence-electron chi connectivity index (χ4n) is 2.12. The summed E-state index contributed by atoms with van der Waals surface area (Å²) in [5.41, 5.74) is 1.63. The van der Waals surface area contributed by atoms with Crippen molar-refractivity contribution in [3.05, 3.63) is 70.3 Å². The standard InChI is InChI=1S/C16H10BrNO2/c17-11-6-7-14-12(8-11)13(9-18-14)16(20)15(19)10-4-2-1-3-5-10/h1-9,18H. The van der Waals surface area contributed by atoms with E-state index in [9.17, 15) is 9.59 Å².